The largest absolute Gasteiger partial charge is 0.462 e. The van der Waals surface area contributed by atoms with E-state index in [2.05, 4.69) is 32.0 Å². The number of hydrogen-bond acceptors (Lipinski definition) is 5. The van der Waals surface area contributed by atoms with E-state index in [0.717, 1.165) is 37.2 Å². The number of nitrogens with zero attached hydrogens (tertiary/aromatic N) is 1. The highest BCUT2D eigenvalue weighted by Crippen LogP contribution is 2.63. The normalized spacial score (nSPS) is 34.6. The molecule has 190 valence electrons. The summed E-state index contributed by atoms with van der Waals surface area (Å²) >= 11 is 0. The Morgan fingerprint density at radius 1 is 1.11 bits per heavy atom. The predicted octanol–water partition coefficient (Wildman–Crippen LogP) is 5.40. The highest BCUT2D eigenvalue weighted by atomic mass is 16.7. The van der Waals surface area contributed by atoms with Crippen molar-refractivity contribution < 1.29 is 24.3 Å². The Labute approximate surface area is 212 Å². The zero-order chi connectivity index (χ0) is 25.2. The number of amides is 1. The molecular formula is C30H35NO5. The van der Waals surface area contributed by atoms with Crippen LogP contribution in [0, 0.1) is 24.2 Å². The molecule has 2 unspecified atom stereocenters. The van der Waals surface area contributed by atoms with E-state index < -0.39 is 6.23 Å². The van der Waals surface area contributed by atoms with Crippen LogP contribution in [0.5, 0.6) is 0 Å². The van der Waals surface area contributed by atoms with Crippen LogP contribution in [-0.4, -0.2) is 34.8 Å². The second-order valence-electron chi connectivity index (χ2n) is 11.5. The molecule has 1 amide bonds. The molecule has 2 fully saturated rings. The van der Waals surface area contributed by atoms with Crippen LogP contribution in [0.4, 0.5) is 0 Å². The van der Waals surface area contributed by atoms with Crippen molar-refractivity contribution in [3.63, 3.8) is 0 Å². The Balaban J connectivity index is 1.27. The van der Waals surface area contributed by atoms with Crippen molar-refractivity contribution in [2.24, 2.45) is 17.3 Å². The van der Waals surface area contributed by atoms with Crippen LogP contribution < -0.4 is 0 Å². The lowest BCUT2D eigenvalue weighted by molar-refractivity contribution is -0.203. The third kappa shape index (κ3) is 3.60. The number of esters is 1. The average molecular weight is 490 g/mol. The Kier molecular flexibility index (Phi) is 5.73. The molecule has 3 aliphatic carbocycles. The maximum absolute atomic E-state index is 12.9. The maximum Gasteiger partial charge on any atom is 0.302 e. The number of aliphatic hydroxyl groups is 1. The third-order valence-electron chi connectivity index (χ3n) is 9.60. The molecule has 6 rings (SSSR count). The molecule has 1 heterocycles. The summed E-state index contributed by atoms with van der Waals surface area (Å²) < 4.78 is 5.81. The first kappa shape index (κ1) is 23.7. The monoisotopic (exact) mass is 489 g/mol. The summed E-state index contributed by atoms with van der Waals surface area (Å²) in [7, 11) is 0. The molecule has 1 aliphatic heterocycles. The molecule has 0 radical (unpaired) electrons. The van der Waals surface area contributed by atoms with E-state index in [-0.39, 0.29) is 29.3 Å². The first-order valence-corrected chi connectivity index (χ1v) is 13.3. The number of rotatable bonds is 4. The summed E-state index contributed by atoms with van der Waals surface area (Å²) in [4.78, 5) is 30.8. The molecule has 2 aromatic rings. The van der Waals surface area contributed by atoms with Gasteiger partial charge in [0.2, 0.25) is 0 Å². The van der Waals surface area contributed by atoms with Gasteiger partial charge in [-0.3, -0.25) is 14.4 Å². The zero-order valence-electron chi connectivity index (χ0n) is 21.3. The number of carbonyl (C=O) groups excluding carboxylic acids is 2. The highest BCUT2D eigenvalue weighted by Gasteiger charge is 2.57. The Bertz CT molecular complexity index is 1210. The molecule has 2 saturated carbocycles. The van der Waals surface area contributed by atoms with Gasteiger partial charge in [-0.1, -0.05) is 48.9 Å². The van der Waals surface area contributed by atoms with Crippen LogP contribution in [0.15, 0.2) is 42.5 Å². The standard InChI is InChI=1S/C30H35NO5/c1-17-8-9-20-21-12-13-30(3)26(10-11-27(30)36-18(2)32)25(21)15-19(24(20)14-17)16-35-31-28(33)22-6-4-5-7-23(22)29(31)34/h4-9,14,19,21,25-28,33H,10-13,15-16H2,1-3H3/t19-,21+,25+,26+,27?,28?,30-/m0/s1. The second-order valence-corrected chi connectivity index (χ2v) is 11.5. The first-order valence-electron chi connectivity index (χ1n) is 13.3. The van der Waals surface area contributed by atoms with Crippen LogP contribution in [0.25, 0.3) is 0 Å². The summed E-state index contributed by atoms with van der Waals surface area (Å²) in [6, 6.07) is 13.9. The molecule has 0 spiro atoms. The third-order valence-corrected chi connectivity index (χ3v) is 9.60. The van der Waals surface area contributed by atoms with Crippen LogP contribution in [0.3, 0.4) is 0 Å². The summed E-state index contributed by atoms with van der Waals surface area (Å²) in [6.45, 7) is 6.29. The predicted molar refractivity (Wildman–Crippen MR) is 134 cm³/mol. The number of fused-ring (bicyclic) bond motifs is 6. The van der Waals surface area contributed by atoms with E-state index in [9.17, 15) is 14.7 Å². The van der Waals surface area contributed by atoms with E-state index in [4.69, 9.17) is 9.57 Å². The van der Waals surface area contributed by atoms with Crippen molar-refractivity contribution in [2.45, 2.75) is 77.0 Å². The maximum atomic E-state index is 12.9. The van der Waals surface area contributed by atoms with Crippen molar-refractivity contribution >= 4 is 11.9 Å². The van der Waals surface area contributed by atoms with Gasteiger partial charge in [-0.05, 0) is 74.0 Å². The molecular weight excluding hydrogens is 454 g/mol. The molecule has 1 N–H and O–H groups in total. The zero-order valence-corrected chi connectivity index (χ0v) is 21.3. The van der Waals surface area contributed by atoms with Gasteiger partial charge in [0.25, 0.3) is 5.91 Å². The lowest BCUT2D eigenvalue weighted by atomic mass is 9.54. The van der Waals surface area contributed by atoms with Gasteiger partial charge >= 0.3 is 5.97 Å². The van der Waals surface area contributed by atoms with Gasteiger partial charge in [0, 0.05) is 29.4 Å². The van der Waals surface area contributed by atoms with Crippen LogP contribution >= 0.6 is 0 Å². The fourth-order valence-electron chi connectivity index (χ4n) is 7.92. The number of aryl methyl sites for hydroxylation is 1. The molecule has 36 heavy (non-hydrogen) atoms. The van der Waals surface area contributed by atoms with Gasteiger partial charge in [0.1, 0.15) is 6.10 Å². The molecule has 4 aliphatic rings. The molecule has 2 aromatic carbocycles. The number of hydroxylamine groups is 2. The van der Waals surface area contributed by atoms with Gasteiger partial charge < -0.3 is 9.84 Å². The fourth-order valence-corrected chi connectivity index (χ4v) is 7.92. The number of benzene rings is 2. The quantitative estimate of drug-likeness (QED) is 0.582. The van der Waals surface area contributed by atoms with Crippen molar-refractivity contribution in [2.75, 3.05) is 6.61 Å². The molecule has 0 saturated heterocycles. The smallest absolute Gasteiger partial charge is 0.302 e. The Morgan fingerprint density at radius 2 is 1.92 bits per heavy atom. The van der Waals surface area contributed by atoms with E-state index >= 15 is 0 Å². The van der Waals surface area contributed by atoms with Crippen LogP contribution in [0.2, 0.25) is 0 Å². The van der Waals surface area contributed by atoms with E-state index in [0.29, 0.717) is 35.5 Å². The summed E-state index contributed by atoms with van der Waals surface area (Å²) in [5, 5.41) is 11.9. The summed E-state index contributed by atoms with van der Waals surface area (Å²) in [5.41, 5.74) is 5.03. The van der Waals surface area contributed by atoms with Gasteiger partial charge in [-0.15, -0.1) is 0 Å². The van der Waals surface area contributed by atoms with Gasteiger partial charge in [-0.2, -0.15) is 5.06 Å². The average Bonchev–Trinajstić information content (AvgIpc) is 3.31. The van der Waals surface area contributed by atoms with Crippen molar-refractivity contribution in [1.29, 1.82) is 0 Å². The van der Waals surface area contributed by atoms with Crippen LogP contribution in [0.1, 0.15) is 96.6 Å². The fraction of sp³-hybridized carbons (Fsp3) is 0.533. The first-order chi connectivity index (χ1) is 17.3. The minimum atomic E-state index is -1.08. The van der Waals surface area contributed by atoms with Gasteiger partial charge in [0.05, 0.1) is 6.61 Å². The molecule has 0 aromatic heterocycles. The number of aliphatic hydroxyl groups excluding tert-OH is 1. The highest BCUT2D eigenvalue weighted by molar-refractivity contribution is 5.98. The molecule has 6 nitrogen and oxygen atoms in total. The summed E-state index contributed by atoms with van der Waals surface area (Å²) in [5.74, 6) is 1.11. The van der Waals surface area contributed by atoms with Crippen molar-refractivity contribution in [1.82, 2.24) is 5.06 Å². The molecule has 7 atom stereocenters. The van der Waals surface area contributed by atoms with E-state index in [1.54, 1.807) is 18.2 Å². The van der Waals surface area contributed by atoms with Crippen molar-refractivity contribution in [3.8, 4) is 0 Å². The van der Waals surface area contributed by atoms with Crippen LogP contribution in [-0.2, 0) is 14.4 Å². The number of carbonyl (C=O) groups is 2. The number of ether oxygens (including phenoxy) is 1. The minimum absolute atomic E-state index is 0.00318. The minimum Gasteiger partial charge on any atom is -0.462 e. The van der Waals surface area contributed by atoms with E-state index in [1.807, 2.05) is 6.07 Å². The van der Waals surface area contributed by atoms with Gasteiger partial charge in [0.15, 0.2) is 6.23 Å². The molecule has 6 heteroatoms. The molecule has 0 bridgehead atoms. The van der Waals surface area contributed by atoms with Crippen molar-refractivity contribution in [3.05, 3.63) is 70.3 Å². The second kappa shape index (κ2) is 8.70. The number of hydrogen-bond donors (Lipinski definition) is 1. The lowest BCUT2D eigenvalue weighted by Gasteiger charge is -2.52. The SMILES string of the molecule is CC(=O)OC1CC[C@@H]2[C@@H]3C[C@@H](CON4C(=O)c5ccccc5C4O)c4cc(C)ccc4[C@H]3CC[C@]12C. The summed E-state index contributed by atoms with van der Waals surface area (Å²) in [6.07, 6.45) is 4.04. The van der Waals surface area contributed by atoms with Gasteiger partial charge in [-0.25, -0.2) is 0 Å². The lowest BCUT2D eigenvalue weighted by Crippen LogP contribution is -2.46. The topological polar surface area (TPSA) is 76.1 Å². The Morgan fingerprint density at radius 3 is 2.69 bits per heavy atom. The van der Waals surface area contributed by atoms with E-state index in [1.165, 1.54) is 23.6 Å². The Hall–Kier alpha value is -2.70.